The van der Waals surface area contributed by atoms with Gasteiger partial charge in [0.25, 0.3) is 0 Å². The molecule has 0 aliphatic heterocycles. The Labute approximate surface area is 259 Å². The van der Waals surface area contributed by atoms with Crippen LogP contribution in [0.25, 0.3) is 11.0 Å². The van der Waals surface area contributed by atoms with E-state index >= 15 is 0 Å². The van der Waals surface area contributed by atoms with Gasteiger partial charge in [0.2, 0.25) is 0 Å². The Morgan fingerprint density at radius 3 is 2.36 bits per heavy atom. The zero-order valence-electron chi connectivity index (χ0n) is 27.1. The molecule has 3 aromatic rings. The lowest BCUT2D eigenvalue weighted by molar-refractivity contribution is -0.137. The van der Waals surface area contributed by atoms with E-state index in [9.17, 15) is 22.8 Å². The molecule has 7 nitrogen and oxygen atoms in total. The number of alkyl halides is 3. The van der Waals surface area contributed by atoms with Crippen molar-refractivity contribution in [3.05, 3.63) is 59.4 Å². The monoisotopic (exact) mass is 619 g/mol. The number of unbranched alkanes of at least 4 members (excludes halogenated alkanes) is 1. The summed E-state index contributed by atoms with van der Waals surface area (Å²) in [5, 5.41) is 0. The van der Waals surface area contributed by atoms with Gasteiger partial charge in [-0.05, 0) is 94.7 Å². The van der Waals surface area contributed by atoms with E-state index in [2.05, 4.69) is 30.7 Å². The topological polar surface area (TPSA) is 84.5 Å². The minimum Gasteiger partial charge on any atom is -0.494 e. The molecule has 0 saturated heterocycles. The van der Waals surface area contributed by atoms with E-state index in [-0.39, 0.29) is 17.6 Å². The number of aromatic amines is 1. The van der Waals surface area contributed by atoms with Gasteiger partial charge >= 0.3 is 12.3 Å². The van der Waals surface area contributed by atoms with Crippen LogP contribution in [0.15, 0.2) is 42.5 Å². The fourth-order valence-corrected chi connectivity index (χ4v) is 4.23. The molecule has 0 aliphatic carbocycles. The first-order valence-electron chi connectivity index (χ1n) is 15.4. The molecule has 244 valence electrons. The molecule has 0 saturated carbocycles. The van der Waals surface area contributed by atoms with Gasteiger partial charge in [-0.1, -0.05) is 39.3 Å². The van der Waals surface area contributed by atoms with E-state index < -0.39 is 17.3 Å². The van der Waals surface area contributed by atoms with Crippen LogP contribution in [-0.4, -0.2) is 52.0 Å². The number of carbonyl (C=O) groups is 2. The second-order valence-electron chi connectivity index (χ2n) is 12.1. The number of Topliss-reactive ketones (excluding diaryl/α,β-unsaturated/α-hetero) is 1. The van der Waals surface area contributed by atoms with Crippen LogP contribution in [-0.2, 0) is 17.3 Å². The van der Waals surface area contributed by atoms with Crippen molar-refractivity contribution >= 4 is 22.9 Å². The number of hydrogen-bond donors (Lipinski definition) is 1. The molecule has 0 aliphatic rings. The van der Waals surface area contributed by atoms with Gasteiger partial charge in [-0.2, -0.15) is 13.2 Å². The molecule has 2 aromatic carbocycles. The molecule has 0 radical (unpaired) electrons. The summed E-state index contributed by atoms with van der Waals surface area (Å²) >= 11 is 0. The van der Waals surface area contributed by atoms with Crippen molar-refractivity contribution in [2.75, 3.05) is 19.7 Å². The summed E-state index contributed by atoms with van der Waals surface area (Å²) in [6.45, 7) is 15.6. The highest BCUT2D eigenvalue weighted by molar-refractivity contribution is 5.94. The largest absolute Gasteiger partial charge is 0.494 e. The summed E-state index contributed by atoms with van der Waals surface area (Å²) in [7, 11) is 0. The Morgan fingerprint density at radius 1 is 1.02 bits per heavy atom. The summed E-state index contributed by atoms with van der Waals surface area (Å²) in [6.07, 6.45) is 0.990. The third-order valence-corrected chi connectivity index (χ3v) is 6.90. The maximum atomic E-state index is 12.7. The minimum atomic E-state index is -4.37. The van der Waals surface area contributed by atoms with E-state index in [1.165, 1.54) is 19.1 Å². The van der Waals surface area contributed by atoms with Crippen LogP contribution in [0.1, 0.15) is 102 Å². The van der Waals surface area contributed by atoms with Crippen molar-refractivity contribution in [2.45, 2.75) is 98.8 Å². The van der Waals surface area contributed by atoms with E-state index in [0.717, 1.165) is 80.3 Å². The summed E-state index contributed by atoms with van der Waals surface area (Å²) in [5.74, 6) is 1.12. The van der Waals surface area contributed by atoms with Crippen molar-refractivity contribution in [2.24, 2.45) is 5.92 Å². The molecular weight excluding hydrogens is 571 g/mol. The smallest absolute Gasteiger partial charge is 0.416 e. The number of fused-ring (bicyclic) bond motifs is 1. The molecule has 3 rings (SSSR count). The zero-order chi connectivity index (χ0) is 32.9. The molecule has 1 unspecified atom stereocenters. The number of nitrogens with one attached hydrogen (secondary N) is 1. The molecule has 1 amide bonds. The predicted octanol–water partition coefficient (Wildman–Crippen LogP) is 9.26. The Kier molecular flexibility index (Phi) is 14.2. The number of benzene rings is 2. The number of imidazole rings is 1. The number of carbonyl (C=O) groups excluding carboxylic acids is 2. The zero-order valence-corrected chi connectivity index (χ0v) is 27.1. The minimum absolute atomic E-state index is 0.112. The normalized spacial score (nSPS) is 12.3. The molecule has 0 bridgehead atoms. The molecule has 1 heterocycles. The van der Waals surface area contributed by atoms with Gasteiger partial charge in [-0.25, -0.2) is 9.78 Å². The third kappa shape index (κ3) is 13.0. The maximum absolute atomic E-state index is 12.7. The van der Waals surface area contributed by atoms with Gasteiger partial charge in [0, 0.05) is 20.0 Å². The predicted molar refractivity (Wildman–Crippen MR) is 168 cm³/mol. The number of H-pyrrole nitrogens is 1. The average molecular weight is 620 g/mol. The molecule has 1 N–H and O–H groups in total. The quantitative estimate of drug-likeness (QED) is 0.152. The van der Waals surface area contributed by atoms with Crippen molar-refractivity contribution in [1.82, 2.24) is 14.9 Å². The maximum Gasteiger partial charge on any atom is 0.416 e. The van der Waals surface area contributed by atoms with Crippen LogP contribution < -0.4 is 4.74 Å². The van der Waals surface area contributed by atoms with Crippen molar-refractivity contribution in [3.63, 3.8) is 0 Å². The number of aryl methyl sites for hydroxylation is 1. The van der Waals surface area contributed by atoms with Gasteiger partial charge in [-0.15, -0.1) is 0 Å². The molecular formula is C34H48F3N3O4. The Morgan fingerprint density at radius 2 is 1.75 bits per heavy atom. The second-order valence-corrected chi connectivity index (χ2v) is 12.1. The van der Waals surface area contributed by atoms with Gasteiger partial charge in [-0.3, -0.25) is 4.79 Å². The standard InChI is InChI=1S/C20H19F3N2O2.C14H29NO2/c1-13(26)19-24-17-9-8-14(11-18(17)25-19)5-2-3-10-27-16-7-4-6-15(12-16)20(21,22)23;1-7-10-15(11-9-12(3)8-2)13(16)17-14(4,5)6/h4,6-9,11-12H,2-3,5,10H2,1H3,(H,24,25);12H,7-11H2,1-6H3. The first-order valence-corrected chi connectivity index (χ1v) is 15.4. The lowest BCUT2D eigenvalue weighted by Crippen LogP contribution is -2.38. The molecule has 1 atom stereocenters. The first-order chi connectivity index (χ1) is 20.6. The van der Waals surface area contributed by atoms with Crippen LogP contribution in [0.5, 0.6) is 5.75 Å². The van der Waals surface area contributed by atoms with E-state index in [4.69, 9.17) is 9.47 Å². The van der Waals surface area contributed by atoms with Crippen LogP contribution >= 0.6 is 0 Å². The molecule has 1 aromatic heterocycles. The number of aromatic nitrogens is 2. The highest BCUT2D eigenvalue weighted by Gasteiger charge is 2.30. The highest BCUT2D eigenvalue weighted by Crippen LogP contribution is 2.31. The van der Waals surface area contributed by atoms with Crippen molar-refractivity contribution < 1.29 is 32.2 Å². The Balaban J connectivity index is 0.000000345. The first kappa shape index (κ1) is 36.6. The van der Waals surface area contributed by atoms with Crippen LogP contribution in [0.4, 0.5) is 18.0 Å². The van der Waals surface area contributed by atoms with Gasteiger partial charge in [0.05, 0.1) is 23.2 Å². The van der Waals surface area contributed by atoms with Crippen molar-refractivity contribution in [3.8, 4) is 5.75 Å². The molecule has 44 heavy (non-hydrogen) atoms. The van der Waals surface area contributed by atoms with Crippen LogP contribution in [0.2, 0.25) is 0 Å². The number of rotatable bonds is 13. The number of halogens is 3. The second kappa shape index (κ2) is 17.1. The van der Waals surface area contributed by atoms with Gasteiger partial charge in [0.15, 0.2) is 11.6 Å². The molecule has 0 fully saturated rings. The summed E-state index contributed by atoms with van der Waals surface area (Å²) in [6, 6.07) is 10.7. The summed E-state index contributed by atoms with van der Waals surface area (Å²) in [4.78, 5) is 32.4. The van der Waals surface area contributed by atoms with Gasteiger partial charge in [0.1, 0.15) is 11.4 Å². The Bertz CT molecular complexity index is 1330. The fraction of sp³-hybridized carbons (Fsp3) is 0.559. The lowest BCUT2D eigenvalue weighted by Gasteiger charge is -2.27. The third-order valence-electron chi connectivity index (χ3n) is 6.90. The van der Waals surface area contributed by atoms with Gasteiger partial charge < -0.3 is 19.4 Å². The number of hydrogen-bond acceptors (Lipinski definition) is 5. The molecule has 10 heteroatoms. The fourth-order valence-electron chi connectivity index (χ4n) is 4.23. The SMILES string of the molecule is CC(=O)c1nc2ccc(CCCCOc3cccc(C(F)(F)F)c3)cc2[nH]1.CCCN(CCC(C)CC)C(=O)OC(C)(C)C. The van der Waals surface area contributed by atoms with Crippen LogP contribution in [0.3, 0.4) is 0 Å². The Hall–Kier alpha value is -3.56. The number of nitrogens with zero attached hydrogens (tertiary/aromatic N) is 2. The van der Waals surface area contributed by atoms with Crippen LogP contribution in [0, 0.1) is 5.92 Å². The van der Waals surface area contributed by atoms with E-state index in [0.29, 0.717) is 18.3 Å². The highest BCUT2D eigenvalue weighted by atomic mass is 19.4. The van der Waals surface area contributed by atoms with E-state index in [1.54, 1.807) is 0 Å². The molecule has 0 spiro atoms. The average Bonchev–Trinajstić information content (AvgIpc) is 3.38. The summed E-state index contributed by atoms with van der Waals surface area (Å²) in [5.41, 5.74) is 1.55. The summed E-state index contributed by atoms with van der Waals surface area (Å²) < 4.78 is 48.9. The lowest BCUT2D eigenvalue weighted by atomic mass is 10.1. The number of ether oxygens (including phenoxy) is 2. The number of amides is 1. The van der Waals surface area contributed by atoms with E-state index in [1.807, 2.05) is 43.9 Å². The van der Waals surface area contributed by atoms with Crippen molar-refractivity contribution in [1.29, 1.82) is 0 Å². The number of ketones is 1.